The summed E-state index contributed by atoms with van der Waals surface area (Å²) in [5, 5.41) is 0.0481. The van der Waals surface area contributed by atoms with Gasteiger partial charge in [-0.25, -0.2) is 4.98 Å². The summed E-state index contributed by atoms with van der Waals surface area (Å²) in [5.74, 6) is 0.616. The summed E-state index contributed by atoms with van der Waals surface area (Å²) in [7, 11) is 0. The van der Waals surface area contributed by atoms with Crippen molar-refractivity contribution in [2.75, 3.05) is 18.9 Å². The smallest absolute Gasteiger partial charge is 0.278 e. The van der Waals surface area contributed by atoms with Crippen molar-refractivity contribution in [2.45, 2.75) is 26.8 Å². The van der Waals surface area contributed by atoms with Crippen molar-refractivity contribution in [3.8, 4) is 0 Å². The third-order valence-electron chi connectivity index (χ3n) is 2.34. The quantitative estimate of drug-likeness (QED) is 0.621. The number of nitrogen functional groups attached to an aromatic ring is 1. The van der Waals surface area contributed by atoms with E-state index in [1.807, 2.05) is 0 Å². The highest BCUT2D eigenvalue weighted by molar-refractivity contribution is 6.31. The van der Waals surface area contributed by atoms with Gasteiger partial charge in [-0.1, -0.05) is 25.4 Å². The van der Waals surface area contributed by atoms with Crippen molar-refractivity contribution in [1.82, 2.24) is 9.55 Å². The highest BCUT2D eigenvalue weighted by atomic mass is 35.5. The van der Waals surface area contributed by atoms with E-state index in [1.165, 1.54) is 10.9 Å². The fraction of sp³-hybridized carbons (Fsp3) is 0.636. The molecule has 2 N–H and O–H groups in total. The van der Waals surface area contributed by atoms with Crippen molar-refractivity contribution < 1.29 is 4.74 Å². The minimum Gasteiger partial charge on any atom is -0.392 e. The van der Waals surface area contributed by atoms with E-state index in [4.69, 9.17) is 22.1 Å². The molecule has 0 aliphatic heterocycles. The molecule has 5 nitrogen and oxygen atoms in total. The first kappa shape index (κ1) is 14.0. The predicted octanol–water partition coefficient (Wildman–Crippen LogP) is 1.54. The number of ether oxygens (including phenoxy) is 1. The number of hydrogen-bond donors (Lipinski definition) is 1. The van der Waals surface area contributed by atoms with Crippen LogP contribution in [0.2, 0.25) is 5.15 Å². The number of aromatic nitrogens is 2. The second-order valence-corrected chi connectivity index (χ2v) is 4.60. The third kappa shape index (κ3) is 4.36. The van der Waals surface area contributed by atoms with Gasteiger partial charge < -0.3 is 10.5 Å². The lowest BCUT2D eigenvalue weighted by molar-refractivity contribution is 0.115. The molecule has 0 aliphatic carbocycles. The zero-order chi connectivity index (χ0) is 12.8. The number of halogens is 1. The normalized spacial score (nSPS) is 11.1. The maximum absolute atomic E-state index is 11.6. The van der Waals surface area contributed by atoms with Crippen molar-refractivity contribution in [2.24, 2.45) is 5.92 Å². The van der Waals surface area contributed by atoms with Gasteiger partial charge in [0.2, 0.25) is 0 Å². The Bertz CT molecular complexity index is 418. The molecule has 0 aliphatic rings. The van der Waals surface area contributed by atoms with Crippen LogP contribution in [0.25, 0.3) is 0 Å². The fourth-order valence-electron chi connectivity index (χ4n) is 1.23. The van der Waals surface area contributed by atoms with Gasteiger partial charge in [0, 0.05) is 6.61 Å². The molecule has 96 valence electrons. The number of nitrogens with zero attached hydrogens (tertiary/aromatic N) is 2. The molecule has 0 radical (unpaired) electrons. The average Bonchev–Trinajstić information content (AvgIpc) is 2.28. The molecule has 0 unspecified atom stereocenters. The minimum atomic E-state index is -0.322. The highest BCUT2D eigenvalue weighted by Gasteiger charge is 2.05. The average molecular weight is 260 g/mol. The molecule has 0 amide bonds. The highest BCUT2D eigenvalue weighted by Crippen LogP contribution is 2.07. The standard InChI is InChI=1S/C11H18ClN3O2/c1-8(2)3-5-17-6-4-15-7-14-10(12)9(13)11(15)16/h7-8H,3-6,13H2,1-2H3. The van der Waals surface area contributed by atoms with Crippen molar-refractivity contribution >= 4 is 17.3 Å². The van der Waals surface area contributed by atoms with Crippen LogP contribution in [-0.2, 0) is 11.3 Å². The second kappa shape index (κ2) is 6.61. The monoisotopic (exact) mass is 259 g/mol. The lowest BCUT2D eigenvalue weighted by Crippen LogP contribution is -2.25. The Balaban J connectivity index is 2.43. The topological polar surface area (TPSA) is 70.1 Å². The Morgan fingerprint density at radius 2 is 2.24 bits per heavy atom. The summed E-state index contributed by atoms with van der Waals surface area (Å²) in [5.41, 5.74) is 5.15. The summed E-state index contributed by atoms with van der Waals surface area (Å²) in [6.45, 7) is 5.87. The van der Waals surface area contributed by atoms with Crippen LogP contribution < -0.4 is 11.3 Å². The van der Waals surface area contributed by atoms with Crippen LogP contribution in [0.4, 0.5) is 5.69 Å². The second-order valence-electron chi connectivity index (χ2n) is 4.24. The van der Waals surface area contributed by atoms with Gasteiger partial charge in [0.15, 0.2) is 5.15 Å². The van der Waals surface area contributed by atoms with Gasteiger partial charge in [0.05, 0.1) is 19.5 Å². The number of nitrogens with two attached hydrogens (primary N) is 1. The van der Waals surface area contributed by atoms with Crippen molar-refractivity contribution in [3.05, 3.63) is 21.8 Å². The number of hydrogen-bond acceptors (Lipinski definition) is 4. The van der Waals surface area contributed by atoms with Crippen LogP contribution in [0.5, 0.6) is 0 Å². The lowest BCUT2D eigenvalue weighted by atomic mass is 10.1. The maximum Gasteiger partial charge on any atom is 0.278 e. The Morgan fingerprint density at radius 3 is 2.88 bits per heavy atom. The predicted molar refractivity (Wildman–Crippen MR) is 68.2 cm³/mol. The number of anilines is 1. The maximum atomic E-state index is 11.6. The lowest BCUT2D eigenvalue weighted by Gasteiger charge is -2.08. The zero-order valence-electron chi connectivity index (χ0n) is 10.1. The molecule has 17 heavy (non-hydrogen) atoms. The molecule has 0 saturated carbocycles. The molecular weight excluding hydrogens is 242 g/mol. The SMILES string of the molecule is CC(C)CCOCCn1cnc(Cl)c(N)c1=O. The molecule has 0 spiro atoms. The Hall–Kier alpha value is -1.07. The van der Waals surface area contributed by atoms with Crippen LogP contribution in [0.3, 0.4) is 0 Å². The van der Waals surface area contributed by atoms with E-state index in [0.29, 0.717) is 25.7 Å². The first-order chi connectivity index (χ1) is 8.02. The summed E-state index contributed by atoms with van der Waals surface area (Å²) >= 11 is 5.62. The van der Waals surface area contributed by atoms with E-state index in [2.05, 4.69) is 18.8 Å². The third-order valence-corrected chi connectivity index (χ3v) is 2.64. The van der Waals surface area contributed by atoms with E-state index < -0.39 is 0 Å². The van der Waals surface area contributed by atoms with Gasteiger partial charge in [0.1, 0.15) is 5.69 Å². The van der Waals surface area contributed by atoms with Gasteiger partial charge in [-0.05, 0) is 12.3 Å². The molecular formula is C11H18ClN3O2. The fourth-order valence-corrected chi connectivity index (χ4v) is 1.35. The molecule has 6 heteroatoms. The Morgan fingerprint density at radius 1 is 1.53 bits per heavy atom. The van der Waals surface area contributed by atoms with Crippen LogP contribution in [0.15, 0.2) is 11.1 Å². The first-order valence-corrected chi connectivity index (χ1v) is 5.98. The van der Waals surface area contributed by atoms with Gasteiger partial charge >= 0.3 is 0 Å². The summed E-state index contributed by atoms with van der Waals surface area (Å²) in [4.78, 5) is 15.4. The van der Waals surface area contributed by atoms with Gasteiger partial charge in [-0.15, -0.1) is 0 Å². The molecule has 1 heterocycles. The van der Waals surface area contributed by atoms with E-state index >= 15 is 0 Å². The summed E-state index contributed by atoms with van der Waals surface area (Å²) in [6.07, 6.45) is 2.39. The molecule has 1 aromatic rings. The Labute approximate surface area is 106 Å². The van der Waals surface area contributed by atoms with Crippen LogP contribution in [0.1, 0.15) is 20.3 Å². The van der Waals surface area contributed by atoms with Gasteiger partial charge in [0.25, 0.3) is 5.56 Å². The van der Waals surface area contributed by atoms with Gasteiger partial charge in [-0.3, -0.25) is 9.36 Å². The van der Waals surface area contributed by atoms with E-state index in [1.54, 1.807) is 0 Å². The van der Waals surface area contributed by atoms with Crippen LogP contribution in [0, 0.1) is 5.92 Å². The van der Waals surface area contributed by atoms with E-state index in [9.17, 15) is 4.79 Å². The Kier molecular flexibility index (Phi) is 5.44. The first-order valence-electron chi connectivity index (χ1n) is 5.60. The van der Waals surface area contributed by atoms with E-state index in [-0.39, 0.29) is 16.4 Å². The molecule has 0 aromatic carbocycles. The summed E-state index contributed by atoms with van der Waals surface area (Å²) in [6, 6.07) is 0. The van der Waals surface area contributed by atoms with Gasteiger partial charge in [-0.2, -0.15) is 0 Å². The van der Waals surface area contributed by atoms with Crippen molar-refractivity contribution in [3.63, 3.8) is 0 Å². The number of rotatable bonds is 6. The molecule has 0 fully saturated rings. The molecule has 1 aromatic heterocycles. The largest absolute Gasteiger partial charge is 0.392 e. The molecule has 1 rings (SSSR count). The van der Waals surface area contributed by atoms with Crippen LogP contribution >= 0.6 is 11.6 Å². The minimum absolute atomic E-state index is 0.0173. The van der Waals surface area contributed by atoms with Crippen LogP contribution in [-0.4, -0.2) is 22.8 Å². The molecule has 0 saturated heterocycles. The van der Waals surface area contributed by atoms with E-state index in [0.717, 1.165) is 6.42 Å². The zero-order valence-corrected chi connectivity index (χ0v) is 10.9. The molecule has 0 bridgehead atoms. The molecule has 0 atom stereocenters. The van der Waals surface area contributed by atoms with Crippen molar-refractivity contribution in [1.29, 1.82) is 0 Å². The summed E-state index contributed by atoms with van der Waals surface area (Å²) < 4.78 is 6.81.